The van der Waals surface area contributed by atoms with Crippen LogP contribution >= 0.6 is 0 Å². The number of aliphatic hydroxyl groups is 1. The number of rotatable bonds is 1. The van der Waals surface area contributed by atoms with E-state index in [0.717, 1.165) is 19.3 Å². The predicted molar refractivity (Wildman–Crippen MR) is 88.7 cm³/mol. The lowest BCUT2D eigenvalue weighted by Crippen LogP contribution is -2.54. The van der Waals surface area contributed by atoms with Crippen LogP contribution in [0.2, 0.25) is 0 Å². The molecule has 0 radical (unpaired) electrons. The summed E-state index contributed by atoms with van der Waals surface area (Å²) in [6.07, 6.45) is 5.48. The quantitative estimate of drug-likeness (QED) is 0.802. The third-order valence-electron chi connectivity index (χ3n) is 6.78. The van der Waals surface area contributed by atoms with Crippen molar-refractivity contribution in [1.29, 1.82) is 0 Å². The van der Waals surface area contributed by atoms with E-state index in [1.807, 2.05) is 0 Å². The van der Waals surface area contributed by atoms with Gasteiger partial charge in [0, 0.05) is 0 Å². The molecule has 0 aliphatic heterocycles. The standard InChI is InChI=1S/C20H30O/c1-6-14-13(2)7-9-16-15(14)8-10-17-19(3,4)18(21)11-12-20(16,17)5/h7,9,17-18,21H,6,8,10-12H2,1-5H3/t17-,18+,20-/m1/s1. The highest BCUT2D eigenvalue weighted by atomic mass is 16.3. The number of hydrogen-bond donors (Lipinski definition) is 1. The van der Waals surface area contributed by atoms with E-state index in [-0.39, 0.29) is 16.9 Å². The lowest BCUT2D eigenvalue weighted by atomic mass is 9.49. The van der Waals surface area contributed by atoms with Gasteiger partial charge >= 0.3 is 0 Å². The first-order valence-electron chi connectivity index (χ1n) is 8.62. The summed E-state index contributed by atoms with van der Waals surface area (Å²) in [5.74, 6) is 0.591. The summed E-state index contributed by atoms with van der Waals surface area (Å²) in [4.78, 5) is 0. The first kappa shape index (κ1) is 15.1. The van der Waals surface area contributed by atoms with Crippen molar-refractivity contribution in [2.24, 2.45) is 11.3 Å². The Morgan fingerprint density at radius 2 is 1.90 bits per heavy atom. The van der Waals surface area contributed by atoms with Crippen molar-refractivity contribution in [2.45, 2.75) is 78.2 Å². The van der Waals surface area contributed by atoms with Crippen LogP contribution in [0.1, 0.15) is 69.2 Å². The molecule has 0 amide bonds. The van der Waals surface area contributed by atoms with Crippen molar-refractivity contribution in [3.05, 3.63) is 34.4 Å². The predicted octanol–water partition coefficient (Wildman–Crippen LogP) is 4.56. The van der Waals surface area contributed by atoms with Crippen LogP contribution in [-0.4, -0.2) is 11.2 Å². The molecule has 21 heavy (non-hydrogen) atoms. The molecule has 1 saturated carbocycles. The van der Waals surface area contributed by atoms with Gasteiger partial charge in [-0.15, -0.1) is 0 Å². The second-order valence-electron chi connectivity index (χ2n) is 8.13. The molecule has 2 aliphatic rings. The molecule has 0 unspecified atom stereocenters. The van der Waals surface area contributed by atoms with Crippen LogP contribution < -0.4 is 0 Å². The van der Waals surface area contributed by atoms with Gasteiger partial charge in [0.1, 0.15) is 0 Å². The highest BCUT2D eigenvalue weighted by Crippen LogP contribution is 2.57. The van der Waals surface area contributed by atoms with Gasteiger partial charge in [0.2, 0.25) is 0 Å². The van der Waals surface area contributed by atoms with Crippen molar-refractivity contribution in [3.8, 4) is 0 Å². The number of benzene rings is 1. The van der Waals surface area contributed by atoms with Crippen LogP contribution in [0.15, 0.2) is 12.1 Å². The molecule has 1 heteroatoms. The second kappa shape index (κ2) is 4.84. The Kier molecular flexibility index (Phi) is 3.48. The average Bonchev–Trinajstić information content (AvgIpc) is 2.43. The molecule has 3 atom stereocenters. The first-order valence-corrected chi connectivity index (χ1v) is 8.62. The summed E-state index contributed by atoms with van der Waals surface area (Å²) in [7, 11) is 0. The summed E-state index contributed by atoms with van der Waals surface area (Å²) in [6.45, 7) is 11.5. The molecule has 1 aromatic rings. The van der Waals surface area contributed by atoms with Gasteiger partial charge in [0.15, 0.2) is 0 Å². The molecule has 3 rings (SSSR count). The topological polar surface area (TPSA) is 20.2 Å². The number of aliphatic hydroxyl groups excluding tert-OH is 1. The Bertz CT molecular complexity index is 557. The SMILES string of the molecule is CCc1c(C)ccc2c1CC[C@@H]1C(C)(C)[C@@H](O)CC[C@]21C. The van der Waals surface area contributed by atoms with E-state index in [0.29, 0.717) is 5.92 Å². The molecule has 0 spiro atoms. The highest BCUT2D eigenvalue weighted by Gasteiger charge is 2.53. The first-order chi connectivity index (χ1) is 9.82. The van der Waals surface area contributed by atoms with Crippen molar-refractivity contribution >= 4 is 0 Å². The van der Waals surface area contributed by atoms with E-state index in [9.17, 15) is 5.11 Å². The zero-order chi connectivity index (χ0) is 15.4. The maximum Gasteiger partial charge on any atom is 0.0594 e. The molecule has 1 fully saturated rings. The molecule has 0 heterocycles. The Hall–Kier alpha value is -0.820. The summed E-state index contributed by atoms with van der Waals surface area (Å²) in [6, 6.07) is 4.72. The third kappa shape index (κ3) is 2.00. The zero-order valence-corrected chi connectivity index (χ0v) is 14.3. The van der Waals surface area contributed by atoms with Gasteiger partial charge in [-0.3, -0.25) is 0 Å². The average molecular weight is 286 g/mol. The van der Waals surface area contributed by atoms with Crippen molar-refractivity contribution < 1.29 is 5.11 Å². The van der Waals surface area contributed by atoms with Crippen LogP contribution in [0.25, 0.3) is 0 Å². The van der Waals surface area contributed by atoms with Gasteiger partial charge in [-0.2, -0.15) is 0 Å². The van der Waals surface area contributed by atoms with Gasteiger partial charge in [0.05, 0.1) is 6.10 Å². The van der Waals surface area contributed by atoms with Gasteiger partial charge < -0.3 is 5.11 Å². The summed E-state index contributed by atoms with van der Waals surface area (Å²) >= 11 is 0. The fourth-order valence-corrected chi connectivity index (χ4v) is 5.46. The van der Waals surface area contributed by atoms with Crippen LogP contribution in [-0.2, 0) is 18.3 Å². The van der Waals surface area contributed by atoms with Crippen molar-refractivity contribution in [1.82, 2.24) is 0 Å². The summed E-state index contributed by atoms with van der Waals surface area (Å²) in [5, 5.41) is 10.5. The van der Waals surface area contributed by atoms with Crippen molar-refractivity contribution in [3.63, 3.8) is 0 Å². The minimum atomic E-state index is -0.145. The normalized spacial score (nSPS) is 34.2. The van der Waals surface area contributed by atoms with E-state index in [1.54, 1.807) is 16.7 Å². The fourth-order valence-electron chi connectivity index (χ4n) is 5.46. The van der Waals surface area contributed by atoms with Crippen LogP contribution in [0.5, 0.6) is 0 Å². The Balaban J connectivity index is 2.15. The van der Waals surface area contributed by atoms with Crippen LogP contribution in [0.3, 0.4) is 0 Å². The number of hydrogen-bond acceptors (Lipinski definition) is 1. The Morgan fingerprint density at radius 3 is 2.57 bits per heavy atom. The van der Waals surface area contributed by atoms with Crippen LogP contribution in [0, 0.1) is 18.3 Å². The molecule has 2 aliphatic carbocycles. The third-order valence-corrected chi connectivity index (χ3v) is 6.78. The molecular weight excluding hydrogens is 256 g/mol. The Morgan fingerprint density at radius 1 is 1.19 bits per heavy atom. The van der Waals surface area contributed by atoms with Gasteiger partial charge in [-0.05, 0) is 78.0 Å². The zero-order valence-electron chi connectivity index (χ0n) is 14.3. The summed E-state index contributed by atoms with van der Waals surface area (Å²) in [5.41, 5.74) is 6.52. The minimum absolute atomic E-state index is 0.0297. The maximum atomic E-state index is 10.5. The van der Waals surface area contributed by atoms with E-state index >= 15 is 0 Å². The van der Waals surface area contributed by atoms with Gasteiger partial charge in [0.25, 0.3) is 0 Å². The highest BCUT2D eigenvalue weighted by molar-refractivity contribution is 5.47. The molecule has 0 aromatic heterocycles. The van der Waals surface area contributed by atoms with Gasteiger partial charge in [-0.1, -0.05) is 39.8 Å². The van der Waals surface area contributed by atoms with E-state index in [2.05, 4.69) is 46.8 Å². The molecule has 0 bridgehead atoms. The largest absolute Gasteiger partial charge is 0.393 e. The molecular formula is C20H30O. The summed E-state index contributed by atoms with van der Waals surface area (Å²) < 4.78 is 0. The van der Waals surface area contributed by atoms with Crippen LogP contribution in [0.4, 0.5) is 0 Å². The lowest BCUT2D eigenvalue weighted by molar-refractivity contribution is -0.0731. The second-order valence-corrected chi connectivity index (χ2v) is 8.13. The van der Waals surface area contributed by atoms with E-state index < -0.39 is 0 Å². The Labute approximate surface area is 129 Å². The molecule has 1 nitrogen and oxygen atoms in total. The van der Waals surface area contributed by atoms with E-state index in [4.69, 9.17) is 0 Å². The molecule has 116 valence electrons. The van der Waals surface area contributed by atoms with Crippen molar-refractivity contribution in [2.75, 3.05) is 0 Å². The van der Waals surface area contributed by atoms with E-state index in [1.165, 1.54) is 18.4 Å². The monoisotopic (exact) mass is 286 g/mol. The minimum Gasteiger partial charge on any atom is -0.393 e. The number of aryl methyl sites for hydroxylation is 1. The number of fused-ring (bicyclic) bond motifs is 3. The smallest absolute Gasteiger partial charge is 0.0594 e. The van der Waals surface area contributed by atoms with Gasteiger partial charge in [-0.25, -0.2) is 0 Å². The lowest BCUT2D eigenvalue weighted by Gasteiger charge is -2.56. The maximum absolute atomic E-state index is 10.5. The fraction of sp³-hybridized carbons (Fsp3) is 0.700. The molecule has 0 saturated heterocycles. The molecule has 1 aromatic carbocycles. The molecule has 1 N–H and O–H groups in total.